The molecule has 0 unspecified atom stereocenters. The van der Waals surface area contributed by atoms with E-state index in [-0.39, 0.29) is 11.7 Å². The molecule has 0 spiro atoms. The van der Waals surface area contributed by atoms with Crippen molar-refractivity contribution >= 4 is 44.9 Å². The number of nitrogens with zero attached hydrogens (tertiary/aromatic N) is 3. The number of carbonyl (C=O) groups excluding carboxylic acids is 1. The van der Waals surface area contributed by atoms with Crippen LogP contribution in [0.15, 0.2) is 0 Å². The average Bonchev–Trinajstić information content (AvgIpc) is 2.93. The van der Waals surface area contributed by atoms with Gasteiger partial charge in [0.2, 0.25) is 5.13 Å². The molecular formula is C11H16N6OS2. The Hall–Kier alpha value is -1.74. The molecule has 2 heterocycles. The van der Waals surface area contributed by atoms with E-state index in [1.165, 1.54) is 11.3 Å². The summed E-state index contributed by atoms with van der Waals surface area (Å²) in [5, 5.41) is 6.92. The van der Waals surface area contributed by atoms with Crippen molar-refractivity contribution in [3.8, 4) is 0 Å². The molecule has 2 aromatic rings. The second-order valence-corrected chi connectivity index (χ2v) is 6.36. The van der Waals surface area contributed by atoms with Crippen molar-refractivity contribution in [3.05, 3.63) is 10.7 Å². The number of nitrogens with one attached hydrogen (secondary N) is 2. The number of carbonyl (C=O) groups is 1. The standard InChI is InChI=1S/C11H16N6OS2/c1-5(2)4-13-10-15-8(12)7(19-10)9(18)16-11-14-6(3)17-20-11/h5H,4,12H2,1-3H3,(H,13,15)(H,14,16,17,18). The van der Waals surface area contributed by atoms with Gasteiger partial charge in [0.15, 0.2) is 5.13 Å². The number of anilines is 3. The van der Waals surface area contributed by atoms with Crippen LogP contribution in [0.1, 0.15) is 29.3 Å². The van der Waals surface area contributed by atoms with Crippen molar-refractivity contribution in [2.24, 2.45) is 5.92 Å². The monoisotopic (exact) mass is 312 g/mol. The minimum absolute atomic E-state index is 0.222. The normalized spacial score (nSPS) is 10.8. The molecule has 0 aliphatic rings. The van der Waals surface area contributed by atoms with Gasteiger partial charge in [-0.25, -0.2) is 9.97 Å². The van der Waals surface area contributed by atoms with E-state index in [1.807, 2.05) is 0 Å². The zero-order chi connectivity index (χ0) is 14.7. The van der Waals surface area contributed by atoms with Crippen LogP contribution >= 0.6 is 22.9 Å². The molecule has 4 N–H and O–H groups in total. The molecule has 0 saturated carbocycles. The van der Waals surface area contributed by atoms with Gasteiger partial charge in [0.25, 0.3) is 5.91 Å². The van der Waals surface area contributed by atoms with Crippen LogP contribution in [0.5, 0.6) is 0 Å². The predicted octanol–water partition coefficient (Wildman–Crippen LogP) is 2.21. The number of nitrogens with two attached hydrogens (primary N) is 1. The molecule has 1 amide bonds. The first-order valence-electron chi connectivity index (χ1n) is 6.07. The maximum Gasteiger partial charge on any atom is 0.271 e. The van der Waals surface area contributed by atoms with Crippen molar-refractivity contribution < 1.29 is 4.79 Å². The maximum atomic E-state index is 12.1. The first-order valence-corrected chi connectivity index (χ1v) is 7.66. The molecular weight excluding hydrogens is 296 g/mol. The van der Waals surface area contributed by atoms with Crippen LogP contribution in [0, 0.1) is 12.8 Å². The van der Waals surface area contributed by atoms with Gasteiger partial charge < -0.3 is 11.1 Å². The quantitative estimate of drug-likeness (QED) is 0.781. The molecule has 0 atom stereocenters. The van der Waals surface area contributed by atoms with Gasteiger partial charge in [-0.2, -0.15) is 4.37 Å². The van der Waals surface area contributed by atoms with Gasteiger partial charge in [-0.15, -0.1) is 0 Å². The number of amides is 1. The Bertz CT molecular complexity index is 606. The molecule has 2 rings (SSSR count). The van der Waals surface area contributed by atoms with E-state index in [2.05, 4.69) is 38.8 Å². The highest BCUT2D eigenvalue weighted by atomic mass is 32.1. The zero-order valence-electron chi connectivity index (χ0n) is 11.4. The zero-order valence-corrected chi connectivity index (χ0v) is 13.1. The summed E-state index contributed by atoms with van der Waals surface area (Å²) < 4.78 is 4.00. The summed E-state index contributed by atoms with van der Waals surface area (Å²) in [5.41, 5.74) is 5.77. The Morgan fingerprint density at radius 3 is 2.70 bits per heavy atom. The lowest BCUT2D eigenvalue weighted by molar-refractivity contribution is 0.103. The van der Waals surface area contributed by atoms with Gasteiger partial charge in [-0.1, -0.05) is 25.2 Å². The number of aromatic nitrogens is 3. The fourth-order valence-corrected chi connectivity index (χ4v) is 2.72. The molecule has 0 radical (unpaired) electrons. The Morgan fingerprint density at radius 2 is 2.10 bits per heavy atom. The van der Waals surface area contributed by atoms with Crippen molar-refractivity contribution in [2.75, 3.05) is 22.9 Å². The molecule has 108 valence electrons. The molecule has 0 aliphatic carbocycles. The van der Waals surface area contributed by atoms with Crippen LogP contribution < -0.4 is 16.4 Å². The molecule has 2 aromatic heterocycles. The van der Waals surface area contributed by atoms with Gasteiger partial charge in [0.1, 0.15) is 16.5 Å². The highest BCUT2D eigenvalue weighted by Gasteiger charge is 2.17. The second-order valence-electron chi connectivity index (χ2n) is 4.61. The molecule has 0 aromatic carbocycles. The van der Waals surface area contributed by atoms with Crippen LogP contribution in [0.2, 0.25) is 0 Å². The Balaban J connectivity index is 2.06. The van der Waals surface area contributed by atoms with E-state index >= 15 is 0 Å². The number of hydrogen-bond acceptors (Lipinski definition) is 8. The van der Waals surface area contributed by atoms with Gasteiger partial charge >= 0.3 is 0 Å². The highest BCUT2D eigenvalue weighted by molar-refractivity contribution is 7.18. The SMILES string of the molecule is Cc1nsc(NC(=O)c2sc(NCC(C)C)nc2N)n1. The Morgan fingerprint density at radius 1 is 1.35 bits per heavy atom. The molecule has 0 aliphatic heterocycles. The average molecular weight is 312 g/mol. The second kappa shape index (κ2) is 6.14. The number of aryl methyl sites for hydroxylation is 1. The third-order valence-electron chi connectivity index (χ3n) is 2.27. The predicted molar refractivity (Wildman–Crippen MR) is 82.5 cm³/mol. The van der Waals surface area contributed by atoms with E-state index < -0.39 is 0 Å². The van der Waals surface area contributed by atoms with Crippen molar-refractivity contribution in [1.82, 2.24) is 14.3 Å². The summed E-state index contributed by atoms with van der Waals surface area (Å²) in [5.74, 6) is 1.03. The first kappa shape index (κ1) is 14.7. The van der Waals surface area contributed by atoms with E-state index in [0.717, 1.165) is 18.1 Å². The maximum absolute atomic E-state index is 12.1. The lowest BCUT2D eigenvalue weighted by Gasteiger charge is -2.04. The van der Waals surface area contributed by atoms with E-state index in [9.17, 15) is 4.79 Å². The topological polar surface area (TPSA) is 106 Å². The highest BCUT2D eigenvalue weighted by Crippen LogP contribution is 2.26. The third-order valence-corrected chi connectivity index (χ3v) is 4.02. The van der Waals surface area contributed by atoms with Crippen molar-refractivity contribution in [2.45, 2.75) is 20.8 Å². The molecule has 9 heteroatoms. The summed E-state index contributed by atoms with van der Waals surface area (Å²) in [6, 6.07) is 0. The molecule has 0 bridgehead atoms. The summed E-state index contributed by atoms with van der Waals surface area (Å²) in [6.45, 7) is 6.73. The number of thiazole rings is 1. The third kappa shape index (κ3) is 3.64. The minimum atomic E-state index is -0.311. The Kier molecular flexibility index (Phi) is 4.50. The van der Waals surface area contributed by atoms with Gasteiger partial charge in [0.05, 0.1) is 0 Å². The molecule has 0 saturated heterocycles. The smallest absolute Gasteiger partial charge is 0.271 e. The van der Waals surface area contributed by atoms with Crippen molar-refractivity contribution in [1.29, 1.82) is 0 Å². The fourth-order valence-electron chi connectivity index (χ4n) is 1.36. The number of hydrogen-bond donors (Lipinski definition) is 3. The van der Waals surface area contributed by atoms with Crippen LogP contribution in [-0.4, -0.2) is 26.8 Å². The summed E-state index contributed by atoms with van der Waals surface area (Å²) in [6.07, 6.45) is 0. The summed E-state index contributed by atoms with van der Waals surface area (Å²) >= 11 is 2.37. The molecule has 20 heavy (non-hydrogen) atoms. The largest absolute Gasteiger partial charge is 0.382 e. The number of nitrogen functional groups attached to an aromatic ring is 1. The first-order chi connectivity index (χ1) is 9.45. The van der Waals surface area contributed by atoms with Gasteiger partial charge in [0, 0.05) is 18.1 Å². The van der Waals surface area contributed by atoms with Crippen LogP contribution in [0.25, 0.3) is 0 Å². The lowest BCUT2D eigenvalue weighted by Crippen LogP contribution is -2.11. The van der Waals surface area contributed by atoms with Crippen LogP contribution in [0.4, 0.5) is 16.1 Å². The van der Waals surface area contributed by atoms with E-state index in [0.29, 0.717) is 26.9 Å². The number of rotatable bonds is 5. The van der Waals surface area contributed by atoms with E-state index in [1.54, 1.807) is 6.92 Å². The molecule has 7 nitrogen and oxygen atoms in total. The summed E-state index contributed by atoms with van der Waals surface area (Å²) in [7, 11) is 0. The lowest BCUT2D eigenvalue weighted by atomic mass is 10.2. The fraction of sp³-hybridized carbons (Fsp3) is 0.455. The summed E-state index contributed by atoms with van der Waals surface area (Å²) in [4.78, 5) is 20.7. The van der Waals surface area contributed by atoms with E-state index in [4.69, 9.17) is 5.73 Å². The van der Waals surface area contributed by atoms with Crippen LogP contribution in [-0.2, 0) is 0 Å². The van der Waals surface area contributed by atoms with Gasteiger partial charge in [-0.3, -0.25) is 10.1 Å². The molecule has 0 fully saturated rings. The minimum Gasteiger partial charge on any atom is -0.382 e. The van der Waals surface area contributed by atoms with Crippen LogP contribution in [0.3, 0.4) is 0 Å². The Labute approximate surface area is 124 Å². The van der Waals surface area contributed by atoms with Crippen molar-refractivity contribution in [3.63, 3.8) is 0 Å². The van der Waals surface area contributed by atoms with Gasteiger partial charge in [-0.05, 0) is 12.8 Å².